The quantitative estimate of drug-likeness (QED) is 0.0168. The van der Waals surface area contributed by atoms with Crippen molar-refractivity contribution >= 4 is 61.6 Å². The van der Waals surface area contributed by atoms with E-state index in [1.807, 2.05) is 13.8 Å². The number of primary amides is 1. The van der Waals surface area contributed by atoms with Gasteiger partial charge in [-0.2, -0.15) is 12.6 Å². The lowest BCUT2D eigenvalue weighted by molar-refractivity contribution is -0.140. The number of aliphatic hydroxyl groups is 1. The largest absolute Gasteiger partial charge is 0.472 e. The molecule has 0 bridgehead atoms. The summed E-state index contributed by atoms with van der Waals surface area (Å²) in [5.41, 5.74) is 11.5. The number of thiol groups is 1. The van der Waals surface area contributed by atoms with E-state index in [1.54, 1.807) is 6.08 Å². The van der Waals surface area contributed by atoms with Crippen molar-refractivity contribution < 1.29 is 71.4 Å². The predicted octanol–water partition coefficient (Wildman–Crippen LogP) is -1.28. The van der Waals surface area contributed by atoms with Gasteiger partial charge in [0.25, 0.3) is 0 Å². The van der Waals surface area contributed by atoms with Crippen LogP contribution in [-0.2, 0) is 67.8 Å². The van der Waals surface area contributed by atoms with Crippen LogP contribution in [0.1, 0.15) is 58.6 Å². The topological polar surface area (TPSA) is 343 Å². The van der Waals surface area contributed by atoms with Crippen molar-refractivity contribution in [2.75, 3.05) is 65.6 Å². The maximum atomic E-state index is 14.1. The van der Waals surface area contributed by atoms with Gasteiger partial charge in [-0.1, -0.05) is 19.9 Å². The van der Waals surface area contributed by atoms with E-state index in [2.05, 4.69) is 49.6 Å². The number of aliphatic hydroxyl groups excluding tert-OH is 1. The lowest BCUT2D eigenvalue weighted by Crippen LogP contribution is -2.52. The minimum atomic E-state index is -4.59. The van der Waals surface area contributed by atoms with Crippen molar-refractivity contribution in [2.45, 2.75) is 95.7 Å². The summed E-state index contributed by atoms with van der Waals surface area (Å²) in [4.78, 5) is 111. The second kappa shape index (κ2) is 29.5. The van der Waals surface area contributed by atoms with E-state index < -0.39 is 105 Å². The zero-order chi connectivity index (χ0) is 48.7. The summed E-state index contributed by atoms with van der Waals surface area (Å²) < 4.78 is 38.0. The normalized spacial score (nSPS) is 18.7. The van der Waals surface area contributed by atoms with Gasteiger partial charge in [0.15, 0.2) is 11.6 Å². The van der Waals surface area contributed by atoms with Gasteiger partial charge in [0.05, 0.1) is 88.5 Å². The molecule has 1 aromatic heterocycles. The van der Waals surface area contributed by atoms with E-state index in [0.29, 0.717) is 5.69 Å². The number of likely N-dealkylation sites (tertiary alicyclic amines) is 1. The number of nitrogens with zero attached hydrogens (tertiary/aromatic N) is 2. The maximum absolute atomic E-state index is 14.1. The summed E-state index contributed by atoms with van der Waals surface area (Å²) >= 11 is 3.98. The number of phosphoric ester groups is 1. The predicted molar refractivity (Wildman–Crippen MR) is 237 cm³/mol. The van der Waals surface area contributed by atoms with E-state index >= 15 is 0 Å². The number of ketones is 2. The fourth-order valence-corrected chi connectivity index (χ4v) is 7.57. The fourth-order valence-electron chi connectivity index (χ4n) is 6.75. The summed E-state index contributed by atoms with van der Waals surface area (Å²) in [6, 6.07) is -4.42. The number of H-pyrrole nitrogens is 1. The Balaban J connectivity index is 2.17. The van der Waals surface area contributed by atoms with E-state index in [-0.39, 0.29) is 95.3 Å². The first-order chi connectivity index (χ1) is 30.8. The van der Waals surface area contributed by atoms with E-state index in [4.69, 9.17) is 30.2 Å². The molecular formula is C40H67N8O15PS. The van der Waals surface area contributed by atoms with Gasteiger partial charge in [0, 0.05) is 63.5 Å². The van der Waals surface area contributed by atoms with Gasteiger partial charge in [-0.15, -0.1) is 6.58 Å². The molecule has 0 aliphatic carbocycles. The number of nitrogens with one attached hydrogen (secondary N) is 4. The number of imidazole rings is 1. The summed E-state index contributed by atoms with van der Waals surface area (Å²) in [6.45, 7) is 8.78. The van der Waals surface area contributed by atoms with Crippen LogP contribution in [0.5, 0.6) is 0 Å². The van der Waals surface area contributed by atoms with Crippen molar-refractivity contribution in [3.63, 3.8) is 0 Å². The van der Waals surface area contributed by atoms with Gasteiger partial charge in [0.1, 0.15) is 12.1 Å². The number of amides is 5. The Labute approximate surface area is 384 Å². The molecule has 9 atom stereocenters. The van der Waals surface area contributed by atoms with E-state index in [9.17, 15) is 48.1 Å². The molecule has 25 heteroatoms. The first-order valence-electron chi connectivity index (χ1n) is 21.2. The molecule has 2 rings (SSSR count). The fraction of sp³-hybridized carbons (Fsp3) is 0.700. The molecule has 0 spiro atoms. The first-order valence-corrected chi connectivity index (χ1v) is 23.3. The molecule has 1 saturated heterocycles. The Morgan fingerprint density at radius 2 is 1.72 bits per heavy atom. The number of hydrogen-bond donors (Lipinski definition) is 9. The van der Waals surface area contributed by atoms with Crippen LogP contribution in [0.25, 0.3) is 0 Å². The van der Waals surface area contributed by atoms with Crippen LogP contribution in [0.15, 0.2) is 25.2 Å². The smallest absolute Gasteiger partial charge is 0.394 e. The number of aromatic amines is 1. The molecule has 1 unspecified atom stereocenters. The molecule has 0 saturated carbocycles. The third kappa shape index (κ3) is 20.5. The van der Waals surface area contributed by atoms with Crippen LogP contribution < -0.4 is 27.4 Å². The van der Waals surface area contributed by atoms with Crippen LogP contribution in [0.2, 0.25) is 0 Å². The van der Waals surface area contributed by atoms with Crippen LogP contribution in [0.3, 0.4) is 0 Å². The third-order valence-electron chi connectivity index (χ3n) is 10.3. The van der Waals surface area contributed by atoms with Crippen LogP contribution in [0.4, 0.5) is 0 Å². The number of rotatable bonds is 34. The number of carbonyl (C=O) groups is 7. The minimum Gasteiger partial charge on any atom is -0.394 e. The van der Waals surface area contributed by atoms with Gasteiger partial charge in [0.2, 0.25) is 29.5 Å². The molecule has 1 aromatic rings. The number of aromatic nitrogens is 2. The molecule has 1 aliphatic heterocycles. The molecule has 368 valence electrons. The van der Waals surface area contributed by atoms with Crippen molar-refractivity contribution in [3.8, 4) is 0 Å². The molecule has 5 amide bonds. The number of hydrogen-bond acceptors (Lipinski definition) is 17. The maximum Gasteiger partial charge on any atom is 0.472 e. The second-order valence-corrected chi connectivity index (χ2v) is 17.7. The summed E-state index contributed by atoms with van der Waals surface area (Å²) in [5, 5.41) is 18.0. The van der Waals surface area contributed by atoms with Gasteiger partial charge < -0.3 is 61.5 Å². The van der Waals surface area contributed by atoms with Crippen LogP contribution in [-0.4, -0.2) is 168 Å². The van der Waals surface area contributed by atoms with Gasteiger partial charge >= 0.3 is 7.82 Å². The van der Waals surface area contributed by atoms with Crippen molar-refractivity contribution in [1.82, 2.24) is 30.8 Å². The Bertz CT molecular complexity index is 1760. The van der Waals surface area contributed by atoms with E-state index in [1.165, 1.54) is 24.3 Å². The SMILES string of the molecule is C=CCO[C@H]1C[C@@H](C(=O)N[C@@H](CC(C)C)C(=O)C[C@@H](Cc2cnc[nH]2)C(=O)N[C@@H](CO)C(=O)C[C@H](C(N)=O)[C@@H](C)OP(=O)(O)OC)N(C(=O)CCOCCOCCNC(=O)[C@@H](N)CS)C1. The average molecular weight is 963 g/mol. The van der Waals surface area contributed by atoms with Crippen LogP contribution >= 0.6 is 20.5 Å². The number of phosphoric acid groups is 1. The first kappa shape index (κ1) is 57.0. The van der Waals surface area contributed by atoms with Crippen molar-refractivity contribution in [1.29, 1.82) is 0 Å². The number of ether oxygens (including phenoxy) is 3. The molecule has 0 radical (unpaired) electrons. The standard InChI is InChI=1S/C40H67N8O15PS/c1-6-9-62-28-17-33(48(20-28)36(52)7-10-60-12-13-61-11-8-44-39(55)30(41)22-65)40(56)46-31(14-24(2)3)34(50)16-26(15-27-19-43-23-45-27)38(54)47-32(21-49)35(51)18-29(37(42)53)25(4)63-64(57,58)59-5/h6,19,23-26,28-33,49,65H,1,7-18,20-22,41H2,2-5H3,(H2,42,53)(H,43,45)(H,44,55)(H,46,56)(H,47,54)(H,57,58)/t25-,26-,28+,29+,30+,31+,32+,33+/m1/s1. The molecule has 65 heavy (non-hydrogen) atoms. The van der Waals surface area contributed by atoms with Crippen molar-refractivity contribution in [3.05, 3.63) is 30.9 Å². The minimum absolute atomic E-state index is 0.0241. The van der Waals surface area contributed by atoms with E-state index in [0.717, 1.165) is 7.11 Å². The van der Waals surface area contributed by atoms with Gasteiger partial charge in [-0.25, -0.2) is 9.55 Å². The Morgan fingerprint density at radius 3 is 2.31 bits per heavy atom. The lowest BCUT2D eigenvalue weighted by Gasteiger charge is -2.28. The highest BCUT2D eigenvalue weighted by Gasteiger charge is 2.42. The lowest BCUT2D eigenvalue weighted by atomic mass is 9.89. The average Bonchev–Trinajstić information content (AvgIpc) is 3.95. The number of Topliss-reactive ketones (excluding diaryl/α,β-unsaturated/α-hetero) is 2. The molecule has 10 N–H and O–H groups in total. The van der Waals surface area contributed by atoms with Gasteiger partial charge in [-0.05, 0) is 19.3 Å². The van der Waals surface area contributed by atoms with Crippen LogP contribution in [0, 0.1) is 17.8 Å². The van der Waals surface area contributed by atoms with Crippen molar-refractivity contribution in [2.24, 2.45) is 29.2 Å². The number of nitrogens with two attached hydrogens (primary N) is 2. The molecule has 2 heterocycles. The molecule has 1 aliphatic rings. The highest BCUT2D eigenvalue weighted by Crippen LogP contribution is 2.44. The zero-order valence-corrected chi connectivity index (χ0v) is 39.2. The van der Waals surface area contributed by atoms with Gasteiger partial charge in [-0.3, -0.25) is 42.6 Å². The molecule has 0 aromatic carbocycles. The second-order valence-electron chi connectivity index (χ2n) is 15.8. The summed E-state index contributed by atoms with van der Waals surface area (Å²) in [7, 11) is -3.68. The Hall–Kier alpha value is -4.10. The molecule has 1 fully saturated rings. The third-order valence-corrected chi connectivity index (χ3v) is 11.7. The summed E-state index contributed by atoms with van der Waals surface area (Å²) in [5.74, 6) is -7.13. The monoisotopic (exact) mass is 962 g/mol. The zero-order valence-electron chi connectivity index (χ0n) is 37.4. The summed E-state index contributed by atoms with van der Waals surface area (Å²) in [6.07, 6.45) is 1.48. The Morgan fingerprint density at radius 1 is 1.05 bits per heavy atom. The number of carbonyl (C=O) groups excluding carboxylic acids is 7. The highest BCUT2D eigenvalue weighted by atomic mass is 32.1. The Kier molecular flexibility index (Phi) is 25.9. The molecular weight excluding hydrogens is 896 g/mol. The highest BCUT2D eigenvalue weighted by molar-refractivity contribution is 7.80. The molecule has 23 nitrogen and oxygen atoms in total.